The molecule has 1 heterocycles. The topological polar surface area (TPSA) is 63.7 Å². The van der Waals surface area contributed by atoms with Gasteiger partial charge in [0, 0.05) is 18.1 Å². The van der Waals surface area contributed by atoms with Crippen LogP contribution in [0.3, 0.4) is 0 Å². The average Bonchev–Trinajstić information content (AvgIpc) is 2.70. The number of carbonyl (C=O) groups excluding carboxylic acids is 3. The molecule has 0 saturated carbocycles. The fraction of sp³-hybridized carbons (Fsp3) is 0. The molecule has 1 aliphatic rings. The fourth-order valence-electron chi connectivity index (χ4n) is 1.45. The number of rotatable bonds is 2. The number of carbonyl (C=O) groups is 3. The van der Waals surface area contributed by atoms with E-state index < -0.39 is 17.8 Å². The Morgan fingerprint density at radius 1 is 1.11 bits per heavy atom. The number of esters is 1. The SMILES string of the molecule is C#CC(=O)Oc1ccc(N2C(=O)C=CC2=O)cc1. The van der Waals surface area contributed by atoms with Gasteiger partial charge in [0.05, 0.1) is 5.69 Å². The number of anilines is 1. The Balaban J connectivity index is 2.18. The highest BCUT2D eigenvalue weighted by molar-refractivity contribution is 6.28. The van der Waals surface area contributed by atoms with Gasteiger partial charge in [0.25, 0.3) is 11.8 Å². The van der Waals surface area contributed by atoms with Crippen LogP contribution in [0.5, 0.6) is 5.75 Å². The predicted molar refractivity (Wildman–Crippen MR) is 62.5 cm³/mol. The third kappa shape index (κ3) is 2.13. The molecule has 5 nitrogen and oxygen atoms in total. The maximum absolute atomic E-state index is 11.4. The van der Waals surface area contributed by atoms with Crippen molar-refractivity contribution in [3.63, 3.8) is 0 Å². The van der Waals surface area contributed by atoms with E-state index in [2.05, 4.69) is 0 Å². The summed E-state index contributed by atoms with van der Waals surface area (Å²) in [6, 6.07) is 5.87. The largest absolute Gasteiger partial charge is 0.417 e. The van der Waals surface area contributed by atoms with Gasteiger partial charge in [0.2, 0.25) is 0 Å². The number of terminal acetylenes is 1. The molecule has 1 aliphatic heterocycles. The number of hydrogen-bond acceptors (Lipinski definition) is 4. The van der Waals surface area contributed by atoms with Crippen LogP contribution in [-0.2, 0) is 14.4 Å². The summed E-state index contributed by atoms with van der Waals surface area (Å²) >= 11 is 0. The number of benzene rings is 1. The van der Waals surface area contributed by atoms with Gasteiger partial charge in [-0.2, -0.15) is 0 Å². The molecule has 0 fully saturated rings. The van der Waals surface area contributed by atoms with Crippen molar-refractivity contribution in [1.82, 2.24) is 0 Å². The second-order valence-electron chi connectivity index (χ2n) is 3.37. The molecular weight excluding hydrogens is 234 g/mol. The van der Waals surface area contributed by atoms with Crippen LogP contribution in [0.15, 0.2) is 36.4 Å². The van der Waals surface area contributed by atoms with Crippen LogP contribution in [0.1, 0.15) is 0 Å². The van der Waals surface area contributed by atoms with Crippen molar-refractivity contribution < 1.29 is 19.1 Å². The second kappa shape index (κ2) is 4.55. The minimum Gasteiger partial charge on any atom is -0.417 e. The van der Waals surface area contributed by atoms with E-state index in [-0.39, 0.29) is 5.75 Å². The summed E-state index contributed by atoms with van der Waals surface area (Å²) in [5.41, 5.74) is 0.399. The standard InChI is InChI=1S/C13H7NO4/c1-2-13(17)18-10-5-3-9(4-6-10)14-11(15)7-8-12(14)16/h1,3-8H. The molecule has 2 amide bonds. The highest BCUT2D eigenvalue weighted by atomic mass is 16.5. The molecule has 88 valence electrons. The summed E-state index contributed by atoms with van der Waals surface area (Å²) in [6.07, 6.45) is 7.23. The Bertz CT molecular complexity index is 574. The van der Waals surface area contributed by atoms with E-state index in [1.807, 2.05) is 5.92 Å². The lowest BCUT2D eigenvalue weighted by Crippen LogP contribution is -2.29. The zero-order chi connectivity index (χ0) is 13.1. The van der Waals surface area contributed by atoms with Crippen molar-refractivity contribution in [3.8, 4) is 18.1 Å². The third-order valence-electron chi connectivity index (χ3n) is 2.23. The lowest BCUT2D eigenvalue weighted by molar-refractivity contribution is -0.128. The van der Waals surface area contributed by atoms with Crippen molar-refractivity contribution >= 4 is 23.5 Å². The normalized spacial score (nSPS) is 13.6. The van der Waals surface area contributed by atoms with Gasteiger partial charge in [-0.25, -0.2) is 9.69 Å². The second-order valence-corrected chi connectivity index (χ2v) is 3.37. The average molecular weight is 241 g/mol. The lowest BCUT2D eigenvalue weighted by atomic mass is 10.3. The summed E-state index contributed by atoms with van der Waals surface area (Å²) in [5, 5.41) is 0. The molecule has 0 N–H and O–H groups in total. The Morgan fingerprint density at radius 2 is 1.67 bits per heavy atom. The van der Waals surface area contributed by atoms with Gasteiger partial charge in [-0.05, 0) is 24.3 Å². The van der Waals surface area contributed by atoms with Crippen LogP contribution in [-0.4, -0.2) is 17.8 Å². The van der Waals surface area contributed by atoms with Gasteiger partial charge in [0.15, 0.2) is 0 Å². The van der Waals surface area contributed by atoms with Crippen molar-refractivity contribution in [1.29, 1.82) is 0 Å². The van der Waals surface area contributed by atoms with E-state index in [0.29, 0.717) is 5.69 Å². The zero-order valence-corrected chi connectivity index (χ0v) is 9.12. The van der Waals surface area contributed by atoms with Crippen LogP contribution in [0.4, 0.5) is 5.69 Å². The van der Waals surface area contributed by atoms with E-state index in [9.17, 15) is 14.4 Å². The highest BCUT2D eigenvalue weighted by Crippen LogP contribution is 2.22. The Morgan fingerprint density at radius 3 is 2.17 bits per heavy atom. The number of ether oxygens (including phenoxy) is 1. The fourth-order valence-corrected chi connectivity index (χ4v) is 1.45. The van der Waals surface area contributed by atoms with Crippen LogP contribution in [0.2, 0.25) is 0 Å². The molecule has 5 heteroatoms. The van der Waals surface area contributed by atoms with Gasteiger partial charge >= 0.3 is 5.97 Å². The molecule has 18 heavy (non-hydrogen) atoms. The molecule has 0 unspecified atom stereocenters. The molecular formula is C13H7NO4. The van der Waals surface area contributed by atoms with Crippen LogP contribution in [0, 0.1) is 12.3 Å². The molecule has 0 spiro atoms. The van der Waals surface area contributed by atoms with E-state index in [4.69, 9.17) is 11.2 Å². The molecule has 0 atom stereocenters. The first-order chi connectivity index (χ1) is 8.61. The maximum Gasteiger partial charge on any atom is 0.389 e. The van der Waals surface area contributed by atoms with E-state index in [1.54, 1.807) is 0 Å². The number of imide groups is 1. The van der Waals surface area contributed by atoms with Crippen molar-refractivity contribution in [2.75, 3.05) is 4.90 Å². The van der Waals surface area contributed by atoms with Gasteiger partial charge in [-0.15, -0.1) is 6.42 Å². The van der Waals surface area contributed by atoms with Crippen LogP contribution < -0.4 is 9.64 Å². The zero-order valence-electron chi connectivity index (χ0n) is 9.12. The maximum atomic E-state index is 11.4. The van der Waals surface area contributed by atoms with Gasteiger partial charge < -0.3 is 4.74 Å². The Kier molecular flexibility index (Phi) is 2.94. The molecule has 0 aliphatic carbocycles. The quantitative estimate of drug-likeness (QED) is 0.251. The molecule has 0 bridgehead atoms. The predicted octanol–water partition coefficient (Wildman–Crippen LogP) is 0.655. The van der Waals surface area contributed by atoms with E-state index >= 15 is 0 Å². The first kappa shape index (κ1) is 11.6. The number of nitrogens with zero attached hydrogens (tertiary/aromatic N) is 1. The summed E-state index contributed by atoms with van der Waals surface area (Å²) in [5.74, 6) is 0.426. The van der Waals surface area contributed by atoms with E-state index in [1.165, 1.54) is 36.4 Å². The summed E-state index contributed by atoms with van der Waals surface area (Å²) in [6.45, 7) is 0. The molecule has 1 aromatic rings. The third-order valence-corrected chi connectivity index (χ3v) is 2.23. The number of hydrogen-bond donors (Lipinski definition) is 0. The molecule has 1 aromatic carbocycles. The first-order valence-corrected chi connectivity index (χ1v) is 4.96. The molecule has 2 rings (SSSR count). The van der Waals surface area contributed by atoms with Gasteiger partial charge in [0.1, 0.15) is 5.75 Å². The summed E-state index contributed by atoms with van der Waals surface area (Å²) in [7, 11) is 0. The monoisotopic (exact) mass is 241 g/mol. The van der Waals surface area contributed by atoms with Gasteiger partial charge in [-0.3, -0.25) is 9.59 Å². The Labute approximate surface area is 103 Å². The highest BCUT2D eigenvalue weighted by Gasteiger charge is 2.24. The van der Waals surface area contributed by atoms with Crippen LogP contribution in [0.25, 0.3) is 0 Å². The minimum atomic E-state index is -0.808. The van der Waals surface area contributed by atoms with Crippen molar-refractivity contribution in [2.24, 2.45) is 0 Å². The molecule has 0 radical (unpaired) electrons. The molecule has 0 saturated heterocycles. The summed E-state index contributed by atoms with van der Waals surface area (Å²) < 4.78 is 4.76. The van der Waals surface area contributed by atoms with Crippen molar-refractivity contribution in [3.05, 3.63) is 36.4 Å². The van der Waals surface area contributed by atoms with E-state index in [0.717, 1.165) is 4.90 Å². The summed E-state index contributed by atoms with van der Waals surface area (Å²) in [4.78, 5) is 34.6. The van der Waals surface area contributed by atoms with Crippen LogP contribution >= 0.6 is 0 Å². The molecule has 0 aromatic heterocycles. The first-order valence-electron chi connectivity index (χ1n) is 4.96. The smallest absolute Gasteiger partial charge is 0.389 e. The van der Waals surface area contributed by atoms with Gasteiger partial charge in [-0.1, -0.05) is 0 Å². The number of amides is 2. The Hall–Kier alpha value is -2.87. The lowest BCUT2D eigenvalue weighted by Gasteiger charge is -2.13. The van der Waals surface area contributed by atoms with Crippen molar-refractivity contribution in [2.45, 2.75) is 0 Å². The minimum absolute atomic E-state index is 0.244.